The highest BCUT2D eigenvalue weighted by atomic mass is 32.2. The molecule has 5 nitrogen and oxygen atoms in total. The molecule has 1 heterocycles. The van der Waals surface area contributed by atoms with Crippen LogP contribution in [0.5, 0.6) is 5.75 Å². The average molecular weight is 420 g/mol. The number of carbonyl (C=O) groups is 1. The highest BCUT2D eigenvalue weighted by Crippen LogP contribution is 2.33. The number of fused-ring (bicyclic) bond motifs is 2. The molecule has 1 aliphatic heterocycles. The van der Waals surface area contributed by atoms with Crippen molar-refractivity contribution < 1.29 is 17.9 Å². The number of rotatable bonds is 4. The summed E-state index contributed by atoms with van der Waals surface area (Å²) in [5, 5.41) is 0. The van der Waals surface area contributed by atoms with Crippen molar-refractivity contribution in [2.45, 2.75) is 30.6 Å². The third-order valence-corrected chi connectivity index (χ3v) is 7.59. The van der Waals surface area contributed by atoms with Crippen molar-refractivity contribution in [3.63, 3.8) is 0 Å². The normalized spacial score (nSPS) is 15.0. The standard InChI is InChI=1S/C24H21NO4S/c26-24(29-21-12-11-17-6-3-7-19(17)15-21)20-8-4-9-22(16-20)30(27,28)25-14-13-18-5-1-2-10-23(18)25/h1-2,4-5,8-12,15-16H,3,6-7,13-14H2. The molecule has 0 atom stereocenters. The zero-order valence-electron chi connectivity index (χ0n) is 16.4. The third-order valence-electron chi connectivity index (χ3n) is 5.78. The van der Waals surface area contributed by atoms with Gasteiger partial charge in [-0.3, -0.25) is 4.31 Å². The van der Waals surface area contributed by atoms with Crippen LogP contribution >= 0.6 is 0 Å². The number of ether oxygens (including phenoxy) is 1. The average Bonchev–Trinajstić information content (AvgIpc) is 3.40. The molecule has 0 spiro atoms. The number of sulfonamides is 1. The van der Waals surface area contributed by atoms with Gasteiger partial charge in [-0.1, -0.05) is 30.3 Å². The molecule has 0 bridgehead atoms. The smallest absolute Gasteiger partial charge is 0.343 e. The van der Waals surface area contributed by atoms with E-state index in [4.69, 9.17) is 4.74 Å². The summed E-state index contributed by atoms with van der Waals surface area (Å²) in [5.41, 5.74) is 4.43. The summed E-state index contributed by atoms with van der Waals surface area (Å²) in [4.78, 5) is 12.8. The van der Waals surface area contributed by atoms with Crippen molar-refractivity contribution in [1.82, 2.24) is 0 Å². The first-order valence-corrected chi connectivity index (χ1v) is 11.5. The molecule has 30 heavy (non-hydrogen) atoms. The van der Waals surface area contributed by atoms with Crippen LogP contribution in [-0.2, 0) is 29.3 Å². The summed E-state index contributed by atoms with van der Waals surface area (Å²) < 4.78 is 33.4. The Morgan fingerprint density at radius 1 is 0.833 bits per heavy atom. The largest absolute Gasteiger partial charge is 0.423 e. The zero-order chi connectivity index (χ0) is 20.7. The van der Waals surface area contributed by atoms with Gasteiger partial charge in [0, 0.05) is 6.54 Å². The van der Waals surface area contributed by atoms with Crippen molar-refractivity contribution in [1.29, 1.82) is 0 Å². The number of anilines is 1. The number of hydrogen-bond donors (Lipinski definition) is 0. The predicted molar refractivity (Wildman–Crippen MR) is 115 cm³/mol. The van der Waals surface area contributed by atoms with Crippen LogP contribution in [0, 0.1) is 0 Å². The molecule has 152 valence electrons. The van der Waals surface area contributed by atoms with Crippen LogP contribution in [0.2, 0.25) is 0 Å². The van der Waals surface area contributed by atoms with Crippen molar-refractivity contribution in [2.75, 3.05) is 10.8 Å². The van der Waals surface area contributed by atoms with E-state index in [2.05, 4.69) is 0 Å². The molecule has 0 fully saturated rings. The molecule has 5 rings (SSSR count). The van der Waals surface area contributed by atoms with E-state index in [0.717, 1.165) is 24.8 Å². The van der Waals surface area contributed by atoms with E-state index in [1.807, 2.05) is 36.4 Å². The number of aryl methyl sites for hydroxylation is 2. The Kier molecular flexibility index (Phi) is 4.59. The van der Waals surface area contributed by atoms with E-state index < -0.39 is 16.0 Å². The second-order valence-electron chi connectivity index (χ2n) is 7.66. The third kappa shape index (κ3) is 3.27. The van der Waals surface area contributed by atoms with E-state index in [-0.39, 0.29) is 10.5 Å². The molecular formula is C24H21NO4S. The van der Waals surface area contributed by atoms with Crippen LogP contribution in [0.4, 0.5) is 5.69 Å². The molecule has 0 amide bonds. The van der Waals surface area contributed by atoms with Crippen molar-refractivity contribution in [3.8, 4) is 5.75 Å². The number of benzene rings is 3. The Hall–Kier alpha value is -3.12. The predicted octanol–water partition coefficient (Wildman–Crippen LogP) is 4.15. The molecule has 3 aromatic carbocycles. The SMILES string of the molecule is O=C(Oc1ccc2c(c1)CCC2)c1cccc(S(=O)(=O)N2CCc3ccccc32)c1. The number of esters is 1. The first kappa shape index (κ1) is 18.9. The van der Waals surface area contributed by atoms with Crippen molar-refractivity contribution in [3.05, 3.63) is 89.0 Å². The van der Waals surface area contributed by atoms with Gasteiger partial charge in [0.1, 0.15) is 5.75 Å². The van der Waals surface area contributed by atoms with Gasteiger partial charge in [0.15, 0.2) is 0 Å². The fraction of sp³-hybridized carbons (Fsp3) is 0.208. The summed E-state index contributed by atoms with van der Waals surface area (Å²) in [5.74, 6) is -0.0748. The minimum atomic E-state index is -3.76. The molecular weight excluding hydrogens is 398 g/mol. The van der Waals surface area contributed by atoms with E-state index in [1.165, 1.54) is 27.6 Å². The van der Waals surface area contributed by atoms with Crippen LogP contribution in [0.1, 0.15) is 33.5 Å². The minimum absolute atomic E-state index is 0.0857. The van der Waals surface area contributed by atoms with E-state index in [0.29, 0.717) is 24.4 Å². The van der Waals surface area contributed by atoms with Crippen LogP contribution in [0.15, 0.2) is 71.6 Å². The molecule has 0 unspecified atom stereocenters. The number of para-hydroxylation sites is 1. The Balaban J connectivity index is 1.41. The number of carbonyl (C=O) groups excluding carboxylic acids is 1. The minimum Gasteiger partial charge on any atom is -0.423 e. The first-order chi connectivity index (χ1) is 14.5. The highest BCUT2D eigenvalue weighted by molar-refractivity contribution is 7.92. The van der Waals surface area contributed by atoms with Gasteiger partial charge in [-0.05, 0) is 78.8 Å². The second-order valence-corrected chi connectivity index (χ2v) is 9.52. The molecule has 0 saturated heterocycles. The lowest BCUT2D eigenvalue weighted by Gasteiger charge is -2.19. The van der Waals surface area contributed by atoms with Crippen molar-refractivity contribution >= 4 is 21.7 Å². The van der Waals surface area contributed by atoms with Gasteiger partial charge < -0.3 is 4.74 Å². The highest BCUT2D eigenvalue weighted by Gasteiger charge is 2.31. The fourth-order valence-corrected chi connectivity index (χ4v) is 5.80. The van der Waals surface area contributed by atoms with Gasteiger partial charge in [-0.2, -0.15) is 0 Å². The monoisotopic (exact) mass is 419 g/mol. The Bertz CT molecular complexity index is 1250. The number of nitrogens with zero attached hydrogens (tertiary/aromatic N) is 1. The molecule has 1 aliphatic carbocycles. The maximum absolute atomic E-state index is 13.2. The van der Waals surface area contributed by atoms with Gasteiger partial charge in [0.25, 0.3) is 10.0 Å². The lowest BCUT2D eigenvalue weighted by Crippen LogP contribution is -2.29. The summed E-state index contributed by atoms with van der Waals surface area (Å²) >= 11 is 0. The Labute approximate surface area is 176 Å². The fourth-order valence-electron chi connectivity index (χ4n) is 4.25. The second kappa shape index (κ2) is 7.29. The molecule has 3 aromatic rings. The molecule has 0 N–H and O–H groups in total. The summed E-state index contributed by atoms with van der Waals surface area (Å²) in [7, 11) is -3.76. The Morgan fingerprint density at radius 2 is 1.67 bits per heavy atom. The van der Waals surface area contributed by atoms with Crippen LogP contribution in [0.3, 0.4) is 0 Å². The van der Waals surface area contributed by atoms with E-state index >= 15 is 0 Å². The van der Waals surface area contributed by atoms with Gasteiger partial charge in [0.2, 0.25) is 0 Å². The molecule has 6 heteroatoms. The topological polar surface area (TPSA) is 63.7 Å². The molecule has 0 saturated carbocycles. The maximum atomic E-state index is 13.2. The quantitative estimate of drug-likeness (QED) is 0.471. The lowest BCUT2D eigenvalue weighted by atomic mass is 10.1. The van der Waals surface area contributed by atoms with Crippen LogP contribution in [0.25, 0.3) is 0 Å². The molecule has 0 radical (unpaired) electrons. The molecule has 2 aliphatic rings. The summed E-state index contributed by atoms with van der Waals surface area (Å²) in [6.45, 7) is 0.394. The Morgan fingerprint density at radius 3 is 2.57 bits per heavy atom. The zero-order valence-corrected chi connectivity index (χ0v) is 17.2. The van der Waals surface area contributed by atoms with Crippen molar-refractivity contribution in [2.24, 2.45) is 0 Å². The summed E-state index contributed by atoms with van der Waals surface area (Å²) in [6.07, 6.45) is 3.84. The van der Waals surface area contributed by atoms with E-state index in [1.54, 1.807) is 18.2 Å². The van der Waals surface area contributed by atoms with Crippen LogP contribution in [-0.4, -0.2) is 20.9 Å². The lowest BCUT2D eigenvalue weighted by molar-refractivity contribution is 0.0734. The van der Waals surface area contributed by atoms with Crippen LogP contribution < -0.4 is 9.04 Å². The van der Waals surface area contributed by atoms with Gasteiger partial charge in [-0.15, -0.1) is 0 Å². The maximum Gasteiger partial charge on any atom is 0.343 e. The molecule has 0 aromatic heterocycles. The summed E-state index contributed by atoms with van der Waals surface area (Å²) in [6, 6.07) is 19.3. The van der Waals surface area contributed by atoms with Gasteiger partial charge in [0.05, 0.1) is 16.1 Å². The van der Waals surface area contributed by atoms with Gasteiger partial charge in [-0.25, -0.2) is 13.2 Å². The van der Waals surface area contributed by atoms with Gasteiger partial charge >= 0.3 is 5.97 Å². The first-order valence-electron chi connectivity index (χ1n) is 10.1. The van der Waals surface area contributed by atoms with E-state index in [9.17, 15) is 13.2 Å². The number of hydrogen-bond acceptors (Lipinski definition) is 4.